The standard InChI is InChI=1S/C106H137N3O2/c1-99(2,3)78-42-54-84(55-43-78)105(85-56-44-79(45-57-85)100(4,5)6,86-58-46-80(47-59-86)101(7,8)9)90-66-70-97(71-67-90)110-74-33-27-31-37-93-41-35-40-92(107-93)36-29-25-23-21-22-24-26-30-38-94-76-96(109(19)20)77-95(108-94)39-32-28-34-75-111-98-72-68-91(69-73-98)106(87-60-48-81(49-61-87)102(10,11)12,88-62-50-82(51-63-88)103(13,14)15)89-64-52-83(53-65-89)104(16,17)18/h35,40-73,76-77H,21-34,36-39,74-75H2,1-20H3. The van der Waals surface area contributed by atoms with Gasteiger partial charge >= 0.3 is 0 Å². The van der Waals surface area contributed by atoms with Gasteiger partial charge < -0.3 is 14.4 Å². The second-order valence-electron chi connectivity index (χ2n) is 38.5. The van der Waals surface area contributed by atoms with Crippen molar-refractivity contribution in [2.45, 2.75) is 284 Å². The molecule has 0 amide bonds. The first-order valence-electron chi connectivity index (χ1n) is 42.4. The van der Waals surface area contributed by atoms with Crippen LogP contribution in [-0.2, 0) is 69.0 Å². The fourth-order valence-corrected chi connectivity index (χ4v) is 16.1. The molecule has 0 aliphatic carbocycles. The summed E-state index contributed by atoms with van der Waals surface area (Å²) in [4.78, 5) is 12.6. The zero-order valence-electron chi connectivity index (χ0n) is 72.2. The van der Waals surface area contributed by atoms with Crippen LogP contribution in [0.2, 0.25) is 0 Å². The fraction of sp³-hybridized carbons (Fsp3) is 0.453. The van der Waals surface area contributed by atoms with E-state index in [1.165, 1.54) is 158 Å². The van der Waals surface area contributed by atoms with Crippen molar-refractivity contribution in [3.63, 3.8) is 0 Å². The topological polar surface area (TPSA) is 47.5 Å². The molecule has 8 aromatic carbocycles. The molecule has 0 radical (unpaired) electrons. The van der Waals surface area contributed by atoms with Gasteiger partial charge in [0.15, 0.2) is 0 Å². The fourth-order valence-electron chi connectivity index (χ4n) is 16.1. The Bertz CT molecular complexity index is 4200. The Morgan fingerprint density at radius 2 is 0.414 bits per heavy atom. The average Bonchev–Trinajstić information content (AvgIpc) is 0.734. The minimum Gasteiger partial charge on any atom is -0.494 e. The highest BCUT2D eigenvalue weighted by Gasteiger charge is 2.41. The first-order chi connectivity index (χ1) is 52.6. The third kappa shape index (κ3) is 22.2. The van der Waals surface area contributed by atoms with E-state index >= 15 is 0 Å². The number of hydrogen-bond acceptors (Lipinski definition) is 5. The Morgan fingerprint density at radius 1 is 0.225 bits per heavy atom. The molecule has 2 heterocycles. The summed E-state index contributed by atoms with van der Waals surface area (Å²) in [6.07, 6.45) is 20.6. The zero-order chi connectivity index (χ0) is 79.8. The number of nitrogens with zero attached hydrogens (tertiary/aromatic N) is 3. The molecule has 0 N–H and O–H groups in total. The number of hydrogen-bond donors (Lipinski definition) is 0. The number of unbranched alkanes of at least 4 members (excludes halogenated alkanes) is 11. The Hall–Kier alpha value is -8.54. The van der Waals surface area contributed by atoms with Crippen molar-refractivity contribution >= 4 is 5.69 Å². The largest absolute Gasteiger partial charge is 0.494 e. The van der Waals surface area contributed by atoms with Crippen molar-refractivity contribution in [2.24, 2.45) is 0 Å². The van der Waals surface area contributed by atoms with Crippen LogP contribution in [0, 0.1) is 0 Å². The Balaban J connectivity index is 0.637. The molecule has 0 saturated carbocycles. The van der Waals surface area contributed by atoms with E-state index in [4.69, 9.17) is 19.4 Å². The van der Waals surface area contributed by atoms with E-state index in [-0.39, 0.29) is 32.5 Å². The Kier molecular flexibility index (Phi) is 28.3. The number of anilines is 1. The van der Waals surface area contributed by atoms with E-state index < -0.39 is 10.8 Å². The highest BCUT2D eigenvalue weighted by atomic mass is 16.5. The molecule has 0 aliphatic heterocycles. The molecule has 0 aliphatic rings. The molecule has 10 rings (SSSR count). The van der Waals surface area contributed by atoms with Crippen LogP contribution >= 0.6 is 0 Å². The number of aryl methyl sites for hydroxylation is 4. The number of benzene rings is 8. The summed E-state index contributed by atoms with van der Waals surface area (Å²) in [7, 11) is 4.30. The Morgan fingerprint density at radius 3 is 0.640 bits per heavy atom. The minimum atomic E-state index is -0.557. The number of ether oxygens (including phenoxy) is 2. The molecule has 0 fully saturated rings. The van der Waals surface area contributed by atoms with Crippen LogP contribution in [0.25, 0.3) is 0 Å². The molecule has 111 heavy (non-hydrogen) atoms. The van der Waals surface area contributed by atoms with Crippen molar-refractivity contribution in [3.8, 4) is 11.5 Å². The molecule has 0 spiro atoms. The lowest BCUT2D eigenvalue weighted by atomic mass is 9.64. The van der Waals surface area contributed by atoms with Crippen LogP contribution in [0.1, 0.15) is 315 Å². The molecule has 0 atom stereocenters. The minimum absolute atomic E-state index is 0.0448. The third-order valence-electron chi connectivity index (χ3n) is 23.3. The molecule has 0 bridgehead atoms. The van der Waals surface area contributed by atoms with E-state index in [0.717, 1.165) is 75.7 Å². The normalized spacial score (nSPS) is 12.7. The van der Waals surface area contributed by atoms with E-state index in [1.54, 1.807) is 0 Å². The van der Waals surface area contributed by atoms with Crippen molar-refractivity contribution in [1.82, 2.24) is 9.97 Å². The molecule has 588 valence electrons. The van der Waals surface area contributed by atoms with E-state index in [1.807, 2.05) is 0 Å². The van der Waals surface area contributed by atoms with Crippen LogP contribution < -0.4 is 14.4 Å². The summed E-state index contributed by atoms with van der Waals surface area (Å²) in [6.45, 7) is 42.7. The lowest BCUT2D eigenvalue weighted by Crippen LogP contribution is -2.31. The molecular weight excluding hydrogens is 1350 g/mol. The Labute approximate surface area is 673 Å². The van der Waals surface area contributed by atoms with Gasteiger partial charge in [-0.25, -0.2) is 0 Å². The summed E-state index contributed by atoms with van der Waals surface area (Å²) in [5.74, 6) is 1.82. The van der Waals surface area contributed by atoms with E-state index in [2.05, 4.69) is 368 Å². The summed E-state index contributed by atoms with van der Waals surface area (Å²) >= 11 is 0. The lowest BCUT2D eigenvalue weighted by Gasteiger charge is -2.38. The third-order valence-corrected chi connectivity index (χ3v) is 23.3. The average molecular weight is 1490 g/mol. The highest BCUT2D eigenvalue weighted by Crippen LogP contribution is 2.49. The lowest BCUT2D eigenvalue weighted by molar-refractivity contribution is 0.305. The molecule has 5 nitrogen and oxygen atoms in total. The van der Waals surface area contributed by atoms with Gasteiger partial charge in [0.25, 0.3) is 0 Å². The van der Waals surface area contributed by atoms with Crippen LogP contribution in [0.4, 0.5) is 5.69 Å². The molecule has 0 saturated heterocycles. The number of aromatic nitrogens is 2. The van der Waals surface area contributed by atoms with Crippen molar-refractivity contribution in [1.29, 1.82) is 0 Å². The van der Waals surface area contributed by atoms with Gasteiger partial charge in [-0.2, -0.15) is 0 Å². The van der Waals surface area contributed by atoms with Gasteiger partial charge in [-0.15, -0.1) is 0 Å². The quantitative estimate of drug-likeness (QED) is 0.0297. The predicted octanol–water partition coefficient (Wildman–Crippen LogP) is 27.6. The van der Waals surface area contributed by atoms with E-state index in [0.29, 0.717) is 13.2 Å². The number of rotatable bonds is 34. The van der Waals surface area contributed by atoms with Crippen LogP contribution in [0.3, 0.4) is 0 Å². The van der Waals surface area contributed by atoms with Crippen LogP contribution in [-0.4, -0.2) is 37.3 Å². The molecule has 10 aromatic rings. The van der Waals surface area contributed by atoms with Gasteiger partial charge in [0, 0.05) is 42.6 Å². The molecular formula is C106H137N3O2. The van der Waals surface area contributed by atoms with Gasteiger partial charge in [-0.05, 0) is 236 Å². The SMILES string of the molecule is CN(C)c1cc(CCCCCCCCCCc2cccc(CCCCCOc3ccc(C(c4ccc(C(C)(C)C)cc4)(c4ccc(C(C)(C)C)cc4)c4ccc(C(C)(C)C)cc4)cc3)n2)nc(CCCCCOc2ccc(C(c3ccc(C(C)(C)C)cc3)(c3ccc(C(C)(C)C)cc3)c3ccc(C(C)(C)C)cc3)cc2)c1. The molecule has 0 unspecified atom stereocenters. The molecule has 5 heteroatoms. The van der Waals surface area contributed by atoms with Gasteiger partial charge in [-0.3, -0.25) is 9.97 Å². The smallest absolute Gasteiger partial charge is 0.119 e. The maximum atomic E-state index is 6.53. The van der Waals surface area contributed by atoms with Gasteiger partial charge in [0.2, 0.25) is 0 Å². The second kappa shape index (κ2) is 37.0. The summed E-state index contributed by atoms with van der Waals surface area (Å²) in [5, 5.41) is 0. The van der Waals surface area contributed by atoms with Crippen LogP contribution in [0.15, 0.2) is 224 Å². The maximum Gasteiger partial charge on any atom is 0.119 e. The monoisotopic (exact) mass is 1480 g/mol. The summed E-state index contributed by atoms with van der Waals surface area (Å²) < 4.78 is 13.0. The first kappa shape index (κ1) is 84.9. The van der Waals surface area contributed by atoms with Crippen LogP contribution in [0.5, 0.6) is 11.5 Å². The predicted molar refractivity (Wildman–Crippen MR) is 475 cm³/mol. The van der Waals surface area contributed by atoms with Gasteiger partial charge in [0.05, 0.1) is 24.0 Å². The van der Waals surface area contributed by atoms with Gasteiger partial charge in [-0.1, -0.05) is 339 Å². The summed E-state index contributed by atoms with van der Waals surface area (Å²) in [6, 6.07) is 85.7. The van der Waals surface area contributed by atoms with Crippen molar-refractivity contribution < 1.29 is 9.47 Å². The van der Waals surface area contributed by atoms with Crippen molar-refractivity contribution in [3.05, 3.63) is 325 Å². The second-order valence-corrected chi connectivity index (χ2v) is 38.5. The zero-order valence-corrected chi connectivity index (χ0v) is 72.2. The highest BCUT2D eigenvalue weighted by molar-refractivity contribution is 5.64. The van der Waals surface area contributed by atoms with Crippen molar-refractivity contribution in [2.75, 3.05) is 32.2 Å². The summed E-state index contributed by atoms with van der Waals surface area (Å²) in [5.41, 5.74) is 23.3. The first-order valence-corrected chi connectivity index (χ1v) is 42.4. The van der Waals surface area contributed by atoms with Gasteiger partial charge in [0.1, 0.15) is 11.5 Å². The molecule has 2 aromatic heterocycles. The number of pyridine rings is 2. The van der Waals surface area contributed by atoms with E-state index in [9.17, 15) is 0 Å². The maximum absolute atomic E-state index is 6.53.